The second-order valence-electron chi connectivity index (χ2n) is 7.83. The largest absolute Gasteiger partial charge is 0.505 e. The Morgan fingerprint density at radius 1 is 0.903 bits per heavy atom. The summed E-state index contributed by atoms with van der Waals surface area (Å²) in [6, 6.07) is 22.7. The van der Waals surface area contributed by atoms with Gasteiger partial charge in [0.15, 0.2) is 5.75 Å². The average molecular weight is 472 g/mol. The lowest BCUT2D eigenvalue weighted by Crippen LogP contribution is -2.17. The maximum Gasteiger partial charge on any atom is 0.151 e. The van der Waals surface area contributed by atoms with Gasteiger partial charge in [-0.2, -0.15) is 0 Å². The predicted molar refractivity (Wildman–Crippen MR) is 131 cm³/mol. The van der Waals surface area contributed by atoms with Gasteiger partial charge in [-0.1, -0.05) is 58.4 Å². The zero-order valence-corrected chi connectivity index (χ0v) is 18.7. The van der Waals surface area contributed by atoms with Gasteiger partial charge in [-0.05, 0) is 35.4 Å². The molecule has 0 saturated heterocycles. The van der Waals surface area contributed by atoms with E-state index in [1.807, 2.05) is 36.5 Å². The van der Waals surface area contributed by atoms with Gasteiger partial charge in [-0.25, -0.2) is 0 Å². The van der Waals surface area contributed by atoms with E-state index in [-0.39, 0.29) is 5.75 Å². The van der Waals surface area contributed by atoms with Crippen LogP contribution < -0.4 is 4.90 Å². The number of anilines is 1. The molecule has 2 heterocycles. The van der Waals surface area contributed by atoms with Crippen LogP contribution in [0.5, 0.6) is 5.75 Å². The first-order valence-corrected chi connectivity index (χ1v) is 11.0. The Bertz CT molecular complexity index is 1380. The van der Waals surface area contributed by atoms with E-state index in [0.29, 0.717) is 5.52 Å². The second-order valence-corrected chi connectivity index (χ2v) is 8.74. The quantitative estimate of drug-likeness (QED) is 0.325. The third kappa shape index (κ3) is 3.77. The van der Waals surface area contributed by atoms with Gasteiger partial charge in [0.25, 0.3) is 0 Å². The average Bonchev–Trinajstić information content (AvgIpc) is 3.18. The molecule has 0 unspecified atom stereocenters. The molecule has 31 heavy (non-hydrogen) atoms. The molecule has 0 atom stereocenters. The standard InChI is InChI=1S/C26H22BrN3O/c1-29(14-18-7-3-2-4-8-18)25-21-11-6-12-28-24(21)26(31)23-17-30(16-22(23)25)15-19-9-5-10-20(27)13-19/h2-13,16-17,31H,14-15H2,1H3. The van der Waals surface area contributed by atoms with Crippen molar-refractivity contribution in [3.63, 3.8) is 0 Å². The van der Waals surface area contributed by atoms with Gasteiger partial charge in [-0.3, -0.25) is 4.98 Å². The molecule has 4 nitrogen and oxygen atoms in total. The van der Waals surface area contributed by atoms with Crippen molar-refractivity contribution < 1.29 is 5.11 Å². The zero-order chi connectivity index (χ0) is 21.4. The molecule has 0 spiro atoms. The number of nitrogens with zero attached hydrogens (tertiary/aromatic N) is 3. The minimum absolute atomic E-state index is 0.232. The van der Waals surface area contributed by atoms with E-state index in [4.69, 9.17) is 0 Å². The van der Waals surface area contributed by atoms with Crippen molar-refractivity contribution in [1.29, 1.82) is 0 Å². The molecule has 1 N–H and O–H groups in total. The van der Waals surface area contributed by atoms with Crippen LogP contribution in [0.4, 0.5) is 5.69 Å². The van der Waals surface area contributed by atoms with Gasteiger partial charge < -0.3 is 14.6 Å². The maximum atomic E-state index is 11.0. The Morgan fingerprint density at radius 2 is 1.68 bits per heavy atom. The molecule has 5 heteroatoms. The third-order valence-corrected chi connectivity index (χ3v) is 6.07. The van der Waals surface area contributed by atoms with Gasteiger partial charge in [0, 0.05) is 59.4 Å². The summed E-state index contributed by atoms with van der Waals surface area (Å²) in [5.41, 5.74) is 4.13. The van der Waals surface area contributed by atoms with Crippen LogP contribution in [0.15, 0.2) is 89.8 Å². The van der Waals surface area contributed by atoms with Gasteiger partial charge >= 0.3 is 0 Å². The maximum absolute atomic E-state index is 11.0. The minimum Gasteiger partial charge on any atom is -0.505 e. The number of hydrogen-bond acceptors (Lipinski definition) is 3. The number of halogens is 1. The molecule has 5 aromatic rings. The second kappa shape index (κ2) is 8.08. The molecule has 0 aliphatic rings. The van der Waals surface area contributed by atoms with Crippen LogP contribution in [0.1, 0.15) is 11.1 Å². The summed E-state index contributed by atoms with van der Waals surface area (Å²) in [7, 11) is 2.09. The van der Waals surface area contributed by atoms with Crippen molar-refractivity contribution in [3.05, 3.63) is 101 Å². The van der Waals surface area contributed by atoms with Crippen LogP contribution in [0.3, 0.4) is 0 Å². The fourth-order valence-corrected chi connectivity index (χ4v) is 4.67. The van der Waals surface area contributed by atoms with Crippen LogP contribution >= 0.6 is 15.9 Å². The summed E-state index contributed by atoms with van der Waals surface area (Å²) in [5, 5.41) is 13.8. The summed E-state index contributed by atoms with van der Waals surface area (Å²) in [5.74, 6) is 0.232. The number of rotatable bonds is 5. The Morgan fingerprint density at radius 3 is 2.48 bits per heavy atom. The van der Waals surface area contributed by atoms with Crippen LogP contribution in [0, 0.1) is 0 Å². The topological polar surface area (TPSA) is 41.3 Å². The zero-order valence-electron chi connectivity index (χ0n) is 17.2. The first-order valence-electron chi connectivity index (χ1n) is 10.2. The molecule has 0 bridgehead atoms. The smallest absolute Gasteiger partial charge is 0.151 e. The first-order chi connectivity index (χ1) is 15.1. The third-order valence-electron chi connectivity index (χ3n) is 5.58. The van der Waals surface area contributed by atoms with Gasteiger partial charge in [0.1, 0.15) is 5.52 Å². The molecule has 0 radical (unpaired) electrons. The van der Waals surface area contributed by atoms with Crippen molar-refractivity contribution in [2.45, 2.75) is 13.1 Å². The molecule has 0 aliphatic carbocycles. The molecule has 0 saturated carbocycles. The summed E-state index contributed by atoms with van der Waals surface area (Å²) in [4.78, 5) is 6.73. The molecule has 154 valence electrons. The summed E-state index contributed by atoms with van der Waals surface area (Å²) in [6.07, 6.45) is 5.87. The highest BCUT2D eigenvalue weighted by Crippen LogP contribution is 2.42. The lowest BCUT2D eigenvalue weighted by molar-refractivity contribution is 0.486. The van der Waals surface area contributed by atoms with E-state index in [0.717, 1.165) is 39.4 Å². The van der Waals surface area contributed by atoms with Crippen molar-refractivity contribution in [2.75, 3.05) is 11.9 Å². The Hall–Kier alpha value is -3.31. The van der Waals surface area contributed by atoms with E-state index in [1.165, 1.54) is 11.1 Å². The van der Waals surface area contributed by atoms with Gasteiger partial charge in [0.2, 0.25) is 0 Å². The van der Waals surface area contributed by atoms with E-state index in [2.05, 4.69) is 80.0 Å². The number of aromatic nitrogens is 2. The van der Waals surface area contributed by atoms with Crippen molar-refractivity contribution in [2.24, 2.45) is 0 Å². The fourth-order valence-electron chi connectivity index (χ4n) is 4.23. The molecular weight excluding hydrogens is 450 g/mol. The number of aromatic hydroxyl groups is 1. The number of phenols is 1. The summed E-state index contributed by atoms with van der Waals surface area (Å²) in [6.45, 7) is 1.49. The molecule has 2 aromatic heterocycles. The predicted octanol–water partition coefficient (Wildman–Crippen LogP) is 6.34. The van der Waals surface area contributed by atoms with Crippen LogP contribution in [0.2, 0.25) is 0 Å². The molecule has 0 fully saturated rings. The number of phenolic OH excluding ortho intramolecular Hbond substituents is 1. The van der Waals surface area contributed by atoms with Crippen molar-refractivity contribution in [1.82, 2.24) is 9.55 Å². The highest BCUT2D eigenvalue weighted by atomic mass is 79.9. The molecule has 0 aliphatic heterocycles. The molecule has 0 amide bonds. The number of pyridine rings is 1. The first kappa shape index (κ1) is 19.6. The number of fused-ring (bicyclic) bond motifs is 2. The molecule has 5 rings (SSSR count). The Balaban J connectivity index is 1.66. The summed E-state index contributed by atoms with van der Waals surface area (Å²) >= 11 is 3.55. The normalized spacial score (nSPS) is 11.3. The Kier molecular flexibility index (Phi) is 5.12. The van der Waals surface area contributed by atoms with E-state index in [1.54, 1.807) is 6.20 Å². The molecular formula is C26H22BrN3O. The lowest BCUT2D eigenvalue weighted by atomic mass is 10.1. The SMILES string of the molecule is CN(Cc1ccccc1)c1c2cn(Cc3cccc(Br)c3)cc2c(O)c2ncccc12. The van der Waals surface area contributed by atoms with Crippen LogP contribution in [-0.2, 0) is 13.1 Å². The highest BCUT2D eigenvalue weighted by molar-refractivity contribution is 9.10. The molecule has 3 aromatic carbocycles. The van der Waals surface area contributed by atoms with Crippen molar-refractivity contribution in [3.8, 4) is 5.75 Å². The minimum atomic E-state index is 0.232. The van der Waals surface area contributed by atoms with Crippen molar-refractivity contribution >= 4 is 43.3 Å². The fraction of sp³-hybridized carbons (Fsp3) is 0.115. The van der Waals surface area contributed by atoms with E-state index in [9.17, 15) is 5.11 Å². The van der Waals surface area contributed by atoms with Crippen LogP contribution in [0.25, 0.3) is 21.7 Å². The van der Waals surface area contributed by atoms with Gasteiger partial charge in [-0.15, -0.1) is 0 Å². The Labute approximate surface area is 189 Å². The van der Waals surface area contributed by atoms with E-state index >= 15 is 0 Å². The van der Waals surface area contributed by atoms with Gasteiger partial charge in [0.05, 0.1) is 5.69 Å². The highest BCUT2D eigenvalue weighted by Gasteiger charge is 2.19. The number of benzene rings is 3. The monoisotopic (exact) mass is 471 g/mol. The van der Waals surface area contributed by atoms with Crippen LogP contribution in [-0.4, -0.2) is 21.7 Å². The lowest BCUT2D eigenvalue weighted by Gasteiger charge is -2.23. The van der Waals surface area contributed by atoms with E-state index < -0.39 is 0 Å². The summed E-state index contributed by atoms with van der Waals surface area (Å²) < 4.78 is 3.19. The number of hydrogen-bond donors (Lipinski definition) is 1.